The van der Waals surface area contributed by atoms with Crippen LogP contribution >= 0.6 is 0 Å². The second kappa shape index (κ2) is 4.12. The summed E-state index contributed by atoms with van der Waals surface area (Å²) in [6, 6.07) is 6.71. The molecule has 1 aromatic carbocycles. The number of benzene rings is 1. The van der Waals surface area contributed by atoms with Crippen LogP contribution in [0.15, 0.2) is 18.2 Å². The molecule has 3 aliphatic carbocycles. The summed E-state index contributed by atoms with van der Waals surface area (Å²) in [6.07, 6.45) is 8.36. The van der Waals surface area contributed by atoms with E-state index in [-0.39, 0.29) is 17.6 Å². The highest BCUT2D eigenvalue weighted by molar-refractivity contribution is 5.57. The maximum atomic E-state index is 12.0. The number of piperidine rings is 1. The summed E-state index contributed by atoms with van der Waals surface area (Å²) in [5.74, 6) is 2.62. The molecule has 23 heavy (non-hydrogen) atoms. The van der Waals surface area contributed by atoms with E-state index in [1.54, 1.807) is 0 Å². The standard InChI is InChI=1S/C20H25NO2/c22-20-11-13(8-12-4-5-12)9-17-19(20)6-7-21-16(20)10-14-2-1-3-15(23-17)18(14)19/h1-3,12-13,16-17,21-22H,4-11H2/t13?,16-,17?,19-,20-/m1/s1. The van der Waals surface area contributed by atoms with Gasteiger partial charge in [0.25, 0.3) is 0 Å². The molecule has 0 aromatic heterocycles. The molecule has 3 nitrogen and oxygen atoms in total. The largest absolute Gasteiger partial charge is 0.489 e. The molecule has 2 N–H and O–H groups in total. The Morgan fingerprint density at radius 3 is 3.04 bits per heavy atom. The van der Waals surface area contributed by atoms with Gasteiger partial charge in [-0.25, -0.2) is 0 Å². The van der Waals surface area contributed by atoms with Gasteiger partial charge in [-0.3, -0.25) is 0 Å². The van der Waals surface area contributed by atoms with Crippen molar-refractivity contribution in [3.05, 3.63) is 29.3 Å². The SMILES string of the molecule is O[C@@]12CC(CC3CC3)CC3Oc4cccc5c4[C@@]31CCN[C@@H]2C5. The first-order chi connectivity index (χ1) is 11.2. The Morgan fingerprint density at radius 1 is 1.26 bits per heavy atom. The van der Waals surface area contributed by atoms with E-state index in [1.807, 2.05) is 0 Å². The molecule has 3 fully saturated rings. The topological polar surface area (TPSA) is 41.5 Å². The average Bonchev–Trinajstić information content (AvgIpc) is 3.24. The average molecular weight is 311 g/mol. The molecule has 1 saturated heterocycles. The summed E-state index contributed by atoms with van der Waals surface area (Å²) in [5, 5.41) is 15.6. The van der Waals surface area contributed by atoms with E-state index in [2.05, 4.69) is 23.5 Å². The summed E-state index contributed by atoms with van der Waals surface area (Å²) in [5.41, 5.74) is 2.02. The maximum Gasteiger partial charge on any atom is 0.124 e. The highest BCUT2D eigenvalue weighted by Gasteiger charge is 2.70. The van der Waals surface area contributed by atoms with Crippen molar-refractivity contribution < 1.29 is 9.84 Å². The number of aliphatic hydroxyl groups is 1. The van der Waals surface area contributed by atoms with E-state index in [9.17, 15) is 5.11 Å². The van der Waals surface area contributed by atoms with Gasteiger partial charge >= 0.3 is 0 Å². The van der Waals surface area contributed by atoms with Crippen molar-refractivity contribution in [3.8, 4) is 5.75 Å². The third-order valence-corrected chi connectivity index (χ3v) is 7.57. The Balaban J connectivity index is 1.52. The molecule has 1 spiro atoms. The van der Waals surface area contributed by atoms with E-state index >= 15 is 0 Å². The molecule has 5 atom stereocenters. The second-order valence-corrected chi connectivity index (χ2v) is 8.74. The smallest absolute Gasteiger partial charge is 0.124 e. The van der Waals surface area contributed by atoms with Gasteiger partial charge in [0.1, 0.15) is 11.9 Å². The second-order valence-electron chi connectivity index (χ2n) is 8.74. The van der Waals surface area contributed by atoms with Crippen molar-refractivity contribution in [2.75, 3.05) is 6.54 Å². The van der Waals surface area contributed by atoms with Crippen LogP contribution in [0.4, 0.5) is 0 Å². The number of hydrogen-bond acceptors (Lipinski definition) is 3. The molecule has 5 aliphatic rings. The molecule has 2 saturated carbocycles. The van der Waals surface area contributed by atoms with Gasteiger partial charge in [-0.2, -0.15) is 0 Å². The van der Waals surface area contributed by atoms with E-state index in [1.165, 1.54) is 30.4 Å². The minimum atomic E-state index is -0.618. The molecule has 2 unspecified atom stereocenters. The third kappa shape index (κ3) is 1.49. The zero-order chi connectivity index (χ0) is 15.2. The van der Waals surface area contributed by atoms with E-state index in [0.29, 0.717) is 5.92 Å². The Bertz CT molecular complexity index is 684. The quantitative estimate of drug-likeness (QED) is 0.882. The van der Waals surface area contributed by atoms with Crippen LogP contribution in [0.2, 0.25) is 0 Å². The highest BCUT2D eigenvalue weighted by atomic mass is 16.5. The predicted octanol–water partition coefficient (Wildman–Crippen LogP) is 2.54. The molecule has 6 rings (SSSR count). The molecule has 122 valence electrons. The predicted molar refractivity (Wildman–Crippen MR) is 87.7 cm³/mol. The van der Waals surface area contributed by atoms with E-state index in [4.69, 9.17) is 4.74 Å². The van der Waals surface area contributed by atoms with E-state index in [0.717, 1.165) is 43.9 Å². The first-order valence-corrected chi connectivity index (χ1v) is 9.45. The fourth-order valence-electron chi connectivity index (χ4n) is 6.55. The van der Waals surface area contributed by atoms with Crippen molar-refractivity contribution in [1.29, 1.82) is 0 Å². The van der Waals surface area contributed by atoms with Crippen molar-refractivity contribution >= 4 is 0 Å². The van der Waals surface area contributed by atoms with Crippen LogP contribution < -0.4 is 10.1 Å². The summed E-state index contributed by atoms with van der Waals surface area (Å²) in [6.45, 7) is 1.01. The van der Waals surface area contributed by atoms with Crippen LogP contribution in [0.5, 0.6) is 5.75 Å². The minimum Gasteiger partial charge on any atom is -0.489 e. The van der Waals surface area contributed by atoms with Crippen LogP contribution in [0.25, 0.3) is 0 Å². The molecule has 2 bridgehead atoms. The normalized spacial score (nSPS) is 46.2. The first kappa shape index (κ1) is 13.3. The fourth-order valence-corrected chi connectivity index (χ4v) is 6.55. The Labute approximate surface area is 137 Å². The molecular formula is C20H25NO2. The van der Waals surface area contributed by atoms with Gasteiger partial charge in [0.05, 0.1) is 11.0 Å². The molecule has 3 heteroatoms. The van der Waals surface area contributed by atoms with Crippen LogP contribution in [-0.2, 0) is 11.8 Å². The number of hydrogen-bond donors (Lipinski definition) is 2. The lowest BCUT2D eigenvalue weighted by Gasteiger charge is -2.61. The molecule has 0 radical (unpaired) electrons. The van der Waals surface area contributed by atoms with Gasteiger partial charge in [-0.15, -0.1) is 0 Å². The minimum absolute atomic E-state index is 0.146. The van der Waals surface area contributed by atoms with Crippen LogP contribution in [-0.4, -0.2) is 29.4 Å². The summed E-state index contributed by atoms with van der Waals surface area (Å²) in [4.78, 5) is 0. The van der Waals surface area contributed by atoms with Crippen molar-refractivity contribution in [1.82, 2.24) is 5.32 Å². The molecule has 2 aliphatic heterocycles. The lowest BCUT2D eigenvalue weighted by Crippen LogP contribution is -2.75. The Hall–Kier alpha value is -1.06. The Kier molecular flexibility index (Phi) is 2.38. The first-order valence-electron chi connectivity index (χ1n) is 9.45. The zero-order valence-electron chi connectivity index (χ0n) is 13.6. The van der Waals surface area contributed by atoms with Gasteiger partial charge in [-0.05, 0) is 62.1 Å². The summed E-state index contributed by atoms with van der Waals surface area (Å²) in [7, 11) is 0. The Morgan fingerprint density at radius 2 is 2.17 bits per heavy atom. The van der Waals surface area contributed by atoms with Gasteiger partial charge in [0.2, 0.25) is 0 Å². The lowest BCUT2D eigenvalue weighted by molar-refractivity contribution is -0.164. The maximum absolute atomic E-state index is 12.0. The van der Waals surface area contributed by atoms with Gasteiger partial charge in [-0.1, -0.05) is 25.0 Å². The van der Waals surface area contributed by atoms with Crippen molar-refractivity contribution in [2.24, 2.45) is 11.8 Å². The lowest BCUT2D eigenvalue weighted by atomic mass is 9.48. The number of ether oxygens (including phenoxy) is 1. The van der Waals surface area contributed by atoms with Gasteiger partial charge in [0, 0.05) is 11.6 Å². The van der Waals surface area contributed by atoms with Crippen LogP contribution in [0.3, 0.4) is 0 Å². The molecule has 1 aromatic rings. The fraction of sp³-hybridized carbons (Fsp3) is 0.700. The van der Waals surface area contributed by atoms with Gasteiger partial charge in [0.15, 0.2) is 0 Å². The summed E-state index contributed by atoms with van der Waals surface area (Å²) >= 11 is 0. The summed E-state index contributed by atoms with van der Waals surface area (Å²) < 4.78 is 6.49. The van der Waals surface area contributed by atoms with Crippen molar-refractivity contribution in [3.63, 3.8) is 0 Å². The van der Waals surface area contributed by atoms with Gasteiger partial charge < -0.3 is 15.2 Å². The van der Waals surface area contributed by atoms with Crippen LogP contribution in [0, 0.1) is 11.8 Å². The van der Waals surface area contributed by atoms with E-state index < -0.39 is 5.60 Å². The van der Waals surface area contributed by atoms with Crippen LogP contribution in [0.1, 0.15) is 49.7 Å². The van der Waals surface area contributed by atoms with Crippen molar-refractivity contribution in [2.45, 2.75) is 68.1 Å². The highest BCUT2D eigenvalue weighted by Crippen LogP contribution is 2.64. The molecule has 0 amide bonds. The third-order valence-electron chi connectivity index (χ3n) is 7.57. The molecular weight excluding hydrogens is 286 g/mol. The zero-order valence-corrected chi connectivity index (χ0v) is 13.6. The number of nitrogens with one attached hydrogen (secondary N) is 1. The molecule has 2 heterocycles. The monoisotopic (exact) mass is 311 g/mol. The number of rotatable bonds is 2.